The number of hydrogen-bond donors (Lipinski definition) is 1. The van der Waals surface area contributed by atoms with Gasteiger partial charge in [-0.3, -0.25) is 9.59 Å². The number of anilines is 1. The van der Waals surface area contributed by atoms with Gasteiger partial charge in [-0.2, -0.15) is 0 Å². The van der Waals surface area contributed by atoms with Crippen molar-refractivity contribution in [3.63, 3.8) is 0 Å². The number of fused-ring (bicyclic) bond motifs is 1. The Kier molecular flexibility index (Phi) is 1.93. The first-order chi connectivity index (χ1) is 6.72. The molecule has 0 fully saturated rings. The molecule has 0 aromatic heterocycles. The molecule has 0 unspecified atom stereocenters. The summed E-state index contributed by atoms with van der Waals surface area (Å²) in [7, 11) is 0. The summed E-state index contributed by atoms with van der Waals surface area (Å²) in [6.07, 6.45) is 2.46. The Labute approximate surface area is 81.4 Å². The SMILES string of the molecule is C=CCc1ccc2c(c1)C(=O)C(=O)N2. The monoisotopic (exact) mass is 187 g/mol. The van der Waals surface area contributed by atoms with Crippen molar-refractivity contribution in [2.24, 2.45) is 0 Å². The highest BCUT2D eigenvalue weighted by molar-refractivity contribution is 6.51. The highest BCUT2D eigenvalue weighted by Crippen LogP contribution is 2.24. The minimum Gasteiger partial charge on any atom is -0.318 e. The molecule has 0 radical (unpaired) electrons. The number of carbonyl (C=O) groups is 2. The molecule has 1 aromatic rings. The largest absolute Gasteiger partial charge is 0.318 e. The molecule has 0 saturated heterocycles. The molecule has 0 saturated carbocycles. The first-order valence-corrected chi connectivity index (χ1v) is 4.32. The second-order valence-electron chi connectivity index (χ2n) is 3.16. The predicted octanol–water partition coefficient (Wildman–Crippen LogP) is 1.55. The zero-order valence-electron chi connectivity index (χ0n) is 7.54. The quantitative estimate of drug-likeness (QED) is 0.564. The molecule has 1 aliphatic heterocycles. The molecule has 1 aromatic carbocycles. The average Bonchev–Trinajstić information content (AvgIpc) is 2.45. The first kappa shape index (κ1) is 8.69. The zero-order valence-corrected chi connectivity index (χ0v) is 7.54. The molecule has 1 N–H and O–H groups in total. The molecule has 0 spiro atoms. The molecular weight excluding hydrogens is 178 g/mol. The molecule has 2 rings (SSSR count). The van der Waals surface area contributed by atoms with Gasteiger partial charge in [-0.1, -0.05) is 12.1 Å². The van der Waals surface area contributed by atoms with Gasteiger partial charge in [0.1, 0.15) is 0 Å². The summed E-state index contributed by atoms with van der Waals surface area (Å²) in [5, 5.41) is 2.50. The predicted molar refractivity (Wildman–Crippen MR) is 53.3 cm³/mol. The van der Waals surface area contributed by atoms with E-state index in [9.17, 15) is 9.59 Å². The van der Waals surface area contributed by atoms with E-state index in [0.717, 1.165) is 5.56 Å². The Morgan fingerprint density at radius 2 is 2.14 bits per heavy atom. The molecule has 0 bridgehead atoms. The summed E-state index contributed by atoms with van der Waals surface area (Å²) in [5.74, 6) is -0.998. The van der Waals surface area contributed by atoms with Crippen molar-refractivity contribution >= 4 is 17.4 Å². The molecule has 0 aliphatic carbocycles. The molecule has 14 heavy (non-hydrogen) atoms. The van der Waals surface area contributed by atoms with E-state index >= 15 is 0 Å². The summed E-state index contributed by atoms with van der Waals surface area (Å²) in [4.78, 5) is 22.3. The second kappa shape index (κ2) is 3.10. The van der Waals surface area contributed by atoms with E-state index in [0.29, 0.717) is 17.7 Å². The fourth-order valence-corrected chi connectivity index (χ4v) is 1.48. The number of Topliss-reactive ketones (excluding diaryl/α,β-unsaturated/α-hetero) is 1. The topological polar surface area (TPSA) is 46.2 Å². The fraction of sp³-hybridized carbons (Fsp3) is 0.0909. The van der Waals surface area contributed by atoms with Gasteiger partial charge in [0.05, 0.1) is 11.3 Å². The number of hydrogen-bond acceptors (Lipinski definition) is 2. The van der Waals surface area contributed by atoms with Gasteiger partial charge in [0.15, 0.2) is 0 Å². The molecule has 1 amide bonds. The van der Waals surface area contributed by atoms with Gasteiger partial charge in [0, 0.05) is 0 Å². The number of benzene rings is 1. The van der Waals surface area contributed by atoms with Crippen LogP contribution in [0, 0.1) is 0 Å². The molecule has 0 atom stereocenters. The highest BCUT2D eigenvalue weighted by atomic mass is 16.2. The Morgan fingerprint density at radius 3 is 2.86 bits per heavy atom. The Morgan fingerprint density at radius 1 is 1.36 bits per heavy atom. The van der Waals surface area contributed by atoms with Crippen LogP contribution < -0.4 is 5.32 Å². The molecule has 1 aliphatic rings. The van der Waals surface area contributed by atoms with Crippen LogP contribution in [0.15, 0.2) is 30.9 Å². The lowest BCUT2D eigenvalue weighted by Gasteiger charge is -1.99. The summed E-state index contributed by atoms with van der Waals surface area (Å²) >= 11 is 0. The third-order valence-corrected chi connectivity index (χ3v) is 2.16. The van der Waals surface area contributed by atoms with Crippen molar-refractivity contribution in [3.8, 4) is 0 Å². The van der Waals surface area contributed by atoms with Crippen LogP contribution in [0.1, 0.15) is 15.9 Å². The lowest BCUT2D eigenvalue weighted by Crippen LogP contribution is -2.12. The maximum absolute atomic E-state index is 11.3. The van der Waals surface area contributed by atoms with Gasteiger partial charge in [-0.25, -0.2) is 0 Å². The molecule has 3 heteroatoms. The maximum atomic E-state index is 11.3. The number of rotatable bonds is 2. The average molecular weight is 187 g/mol. The number of carbonyl (C=O) groups excluding carboxylic acids is 2. The summed E-state index contributed by atoms with van der Waals surface area (Å²) in [5.41, 5.74) is 2.06. The Hall–Kier alpha value is -1.90. The fourth-order valence-electron chi connectivity index (χ4n) is 1.48. The van der Waals surface area contributed by atoms with Crippen molar-refractivity contribution in [1.82, 2.24) is 0 Å². The van der Waals surface area contributed by atoms with Crippen molar-refractivity contribution in [1.29, 1.82) is 0 Å². The van der Waals surface area contributed by atoms with Gasteiger partial charge in [0.25, 0.3) is 11.7 Å². The van der Waals surface area contributed by atoms with Crippen LogP contribution in [-0.2, 0) is 11.2 Å². The lowest BCUT2D eigenvalue weighted by atomic mass is 10.1. The van der Waals surface area contributed by atoms with Crippen molar-refractivity contribution in [3.05, 3.63) is 42.0 Å². The molecule has 3 nitrogen and oxygen atoms in total. The molecular formula is C11H9NO2. The van der Waals surface area contributed by atoms with E-state index in [1.807, 2.05) is 6.07 Å². The van der Waals surface area contributed by atoms with Gasteiger partial charge in [0.2, 0.25) is 0 Å². The van der Waals surface area contributed by atoms with E-state index in [1.165, 1.54) is 0 Å². The number of nitrogens with one attached hydrogen (secondary N) is 1. The summed E-state index contributed by atoms with van der Waals surface area (Å²) < 4.78 is 0. The minimum absolute atomic E-state index is 0.453. The highest BCUT2D eigenvalue weighted by Gasteiger charge is 2.27. The van der Waals surface area contributed by atoms with Gasteiger partial charge < -0.3 is 5.32 Å². The van der Waals surface area contributed by atoms with Crippen LogP contribution in [-0.4, -0.2) is 11.7 Å². The Balaban J connectivity index is 2.46. The van der Waals surface area contributed by atoms with Crippen LogP contribution >= 0.6 is 0 Å². The van der Waals surface area contributed by atoms with E-state index < -0.39 is 11.7 Å². The zero-order chi connectivity index (χ0) is 10.1. The van der Waals surface area contributed by atoms with E-state index in [4.69, 9.17) is 0 Å². The van der Waals surface area contributed by atoms with Gasteiger partial charge in [-0.05, 0) is 24.1 Å². The minimum atomic E-state index is -0.546. The smallest absolute Gasteiger partial charge is 0.296 e. The first-order valence-electron chi connectivity index (χ1n) is 4.32. The van der Waals surface area contributed by atoms with E-state index in [2.05, 4.69) is 11.9 Å². The third kappa shape index (κ3) is 1.23. The van der Waals surface area contributed by atoms with E-state index in [-0.39, 0.29) is 0 Å². The molecule has 70 valence electrons. The summed E-state index contributed by atoms with van der Waals surface area (Å²) in [6, 6.07) is 5.35. The number of ketones is 1. The van der Waals surface area contributed by atoms with Crippen molar-refractivity contribution in [2.75, 3.05) is 5.32 Å². The van der Waals surface area contributed by atoms with Crippen molar-refractivity contribution < 1.29 is 9.59 Å². The number of allylic oxidation sites excluding steroid dienone is 1. The van der Waals surface area contributed by atoms with Crippen LogP contribution in [0.25, 0.3) is 0 Å². The Bertz CT molecular complexity index is 435. The van der Waals surface area contributed by atoms with Crippen molar-refractivity contribution in [2.45, 2.75) is 6.42 Å². The third-order valence-electron chi connectivity index (χ3n) is 2.16. The van der Waals surface area contributed by atoms with Crippen LogP contribution in [0.5, 0.6) is 0 Å². The molecule has 1 heterocycles. The normalized spacial score (nSPS) is 13.7. The van der Waals surface area contributed by atoms with Crippen LogP contribution in [0.2, 0.25) is 0 Å². The van der Waals surface area contributed by atoms with Gasteiger partial charge in [-0.15, -0.1) is 6.58 Å². The van der Waals surface area contributed by atoms with E-state index in [1.54, 1.807) is 18.2 Å². The number of amides is 1. The van der Waals surface area contributed by atoms with Crippen LogP contribution in [0.3, 0.4) is 0 Å². The lowest BCUT2D eigenvalue weighted by molar-refractivity contribution is -0.112. The standard InChI is InChI=1S/C11H9NO2/c1-2-3-7-4-5-9-8(6-7)10(13)11(14)12-9/h2,4-6H,1,3H2,(H,12,13,14). The summed E-state index contributed by atoms with van der Waals surface area (Å²) in [6.45, 7) is 3.62. The maximum Gasteiger partial charge on any atom is 0.296 e. The second-order valence-corrected chi connectivity index (χ2v) is 3.16. The van der Waals surface area contributed by atoms with Gasteiger partial charge >= 0.3 is 0 Å². The van der Waals surface area contributed by atoms with Crippen LogP contribution in [0.4, 0.5) is 5.69 Å².